The first kappa shape index (κ1) is 11.8. The van der Waals surface area contributed by atoms with Gasteiger partial charge in [0.2, 0.25) is 8.32 Å². The molecule has 3 heteroatoms. The topological polar surface area (TPSA) is 9.23 Å². The van der Waals surface area contributed by atoms with Gasteiger partial charge in [-0.15, -0.1) is 0 Å². The first-order chi connectivity index (χ1) is 7.77. The highest BCUT2D eigenvalue weighted by molar-refractivity contribution is 6.86. The molecule has 0 spiro atoms. The van der Waals surface area contributed by atoms with Crippen LogP contribution in [0.15, 0.2) is 24.3 Å². The van der Waals surface area contributed by atoms with Crippen LogP contribution in [-0.2, 0) is 4.43 Å². The molecule has 0 amide bonds. The molecule has 0 saturated carbocycles. The summed E-state index contributed by atoms with van der Waals surface area (Å²) < 4.78 is 19.1. The van der Waals surface area contributed by atoms with Crippen LogP contribution in [0.2, 0.25) is 12.1 Å². The minimum Gasteiger partial charge on any atom is -0.412 e. The van der Waals surface area contributed by atoms with Gasteiger partial charge in [-0.3, -0.25) is 0 Å². The minimum absolute atomic E-state index is 0.153. The molecule has 1 saturated heterocycles. The molecule has 1 atom stereocenters. The zero-order valence-electron chi connectivity index (χ0n) is 9.84. The molecule has 0 N–H and O–H groups in total. The lowest BCUT2D eigenvalue weighted by Gasteiger charge is -2.35. The van der Waals surface area contributed by atoms with Gasteiger partial charge in [-0.05, 0) is 35.8 Å². The van der Waals surface area contributed by atoms with E-state index in [1.54, 1.807) is 12.1 Å². The Kier molecular flexibility index (Phi) is 3.77. The third kappa shape index (κ3) is 2.35. The molecule has 2 rings (SSSR count). The fraction of sp³-hybridized carbons (Fsp3) is 0.538. The molecule has 0 bridgehead atoms. The summed E-state index contributed by atoms with van der Waals surface area (Å²) in [6, 6.07) is 9.37. The van der Waals surface area contributed by atoms with E-state index in [0.29, 0.717) is 0 Å². The summed E-state index contributed by atoms with van der Waals surface area (Å²) in [7, 11) is -1.75. The molecule has 1 aliphatic rings. The Bertz CT molecular complexity index is 325. The molecule has 1 aliphatic heterocycles. The average molecular weight is 238 g/mol. The maximum absolute atomic E-state index is 12.9. The summed E-state index contributed by atoms with van der Waals surface area (Å²) in [5.74, 6) is -0.153. The zero-order chi connectivity index (χ0) is 11.4. The molecule has 0 aromatic heterocycles. The zero-order valence-corrected chi connectivity index (χ0v) is 10.8. The highest BCUT2D eigenvalue weighted by atomic mass is 28.4. The van der Waals surface area contributed by atoms with Crippen molar-refractivity contribution in [2.45, 2.75) is 38.3 Å². The Labute approximate surface area is 97.8 Å². The van der Waals surface area contributed by atoms with Crippen LogP contribution in [0.3, 0.4) is 0 Å². The standard InChI is InChI=1S/C13H19FOSi/c1-2-10-16(11-4-3-9-15-16)13-7-5-12(14)6-8-13/h5-8H,2-4,9-11H2,1H3. The van der Waals surface area contributed by atoms with Gasteiger partial charge in [0.25, 0.3) is 0 Å². The first-order valence-corrected chi connectivity index (χ1v) is 8.49. The van der Waals surface area contributed by atoms with Crippen molar-refractivity contribution in [3.8, 4) is 0 Å². The lowest BCUT2D eigenvalue weighted by molar-refractivity contribution is 0.274. The molecule has 16 heavy (non-hydrogen) atoms. The first-order valence-electron chi connectivity index (χ1n) is 6.17. The lowest BCUT2D eigenvalue weighted by Crippen LogP contribution is -2.52. The molecule has 1 unspecified atom stereocenters. The SMILES string of the molecule is CCC[Si]1(c2ccc(F)cc2)CCCCO1. The molecule has 88 valence electrons. The largest absolute Gasteiger partial charge is 0.412 e. The predicted octanol–water partition coefficient (Wildman–Crippen LogP) is 3.20. The Morgan fingerprint density at radius 2 is 2.00 bits per heavy atom. The van der Waals surface area contributed by atoms with E-state index in [9.17, 15) is 4.39 Å². The van der Waals surface area contributed by atoms with Gasteiger partial charge >= 0.3 is 0 Å². The maximum Gasteiger partial charge on any atom is 0.224 e. The number of rotatable bonds is 3. The van der Waals surface area contributed by atoms with Crippen LogP contribution in [0.1, 0.15) is 26.2 Å². The third-order valence-corrected chi connectivity index (χ3v) is 7.99. The number of hydrogen-bond acceptors (Lipinski definition) is 1. The summed E-state index contributed by atoms with van der Waals surface area (Å²) in [6.45, 7) is 3.10. The van der Waals surface area contributed by atoms with E-state index in [1.807, 2.05) is 12.1 Å². The number of hydrogen-bond donors (Lipinski definition) is 0. The average Bonchev–Trinajstić information content (AvgIpc) is 2.31. The van der Waals surface area contributed by atoms with E-state index in [4.69, 9.17) is 4.43 Å². The van der Waals surface area contributed by atoms with Crippen LogP contribution in [0.25, 0.3) is 0 Å². The normalized spacial score (nSPS) is 25.6. The molecular formula is C13H19FOSi. The fourth-order valence-electron chi connectivity index (χ4n) is 2.58. The summed E-state index contributed by atoms with van der Waals surface area (Å²) in [5.41, 5.74) is 0. The van der Waals surface area contributed by atoms with Crippen molar-refractivity contribution in [2.24, 2.45) is 0 Å². The van der Waals surface area contributed by atoms with Gasteiger partial charge in [-0.1, -0.05) is 31.9 Å². The van der Waals surface area contributed by atoms with E-state index in [0.717, 1.165) is 13.0 Å². The van der Waals surface area contributed by atoms with E-state index < -0.39 is 8.32 Å². The van der Waals surface area contributed by atoms with E-state index in [-0.39, 0.29) is 5.82 Å². The molecule has 1 aromatic rings. The van der Waals surface area contributed by atoms with E-state index in [1.165, 1.54) is 30.1 Å². The molecule has 1 aromatic carbocycles. The van der Waals surface area contributed by atoms with Crippen molar-refractivity contribution in [2.75, 3.05) is 6.61 Å². The van der Waals surface area contributed by atoms with Gasteiger partial charge in [0, 0.05) is 6.61 Å². The Hall–Kier alpha value is -0.673. The highest BCUT2D eigenvalue weighted by Gasteiger charge is 2.37. The van der Waals surface area contributed by atoms with Crippen molar-refractivity contribution >= 4 is 13.5 Å². The van der Waals surface area contributed by atoms with E-state index >= 15 is 0 Å². The van der Waals surface area contributed by atoms with Crippen LogP contribution in [-0.4, -0.2) is 14.9 Å². The van der Waals surface area contributed by atoms with Gasteiger partial charge < -0.3 is 4.43 Å². The number of halogens is 1. The van der Waals surface area contributed by atoms with Crippen LogP contribution in [0.4, 0.5) is 4.39 Å². The van der Waals surface area contributed by atoms with Crippen LogP contribution in [0.5, 0.6) is 0 Å². The second-order valence-electron chi connectivity index (χ2n) is 4.56. The monoisotopic (exact) mass is 238 g/mol. The van der Waals surface area contributed by atoms with Gasteiger partial charge in [0.1, 0.15) is 5.82 Å². The van der Waals surface area contributed by atoms with Crippen LogP contribution >= 0.6 is 0 Å². The maximum atomic E-state index is 12.9. The van der Waals surface area contributed by atoms with Gasteiger partial charge in [0.05, 0.1) is 0 Å². The molecule has 0 aliphatic carbocycles. The van der Waals surface area contributed by atoms with Gasteiger partial charge in [0.15, 0.2) is 0 Å². The molecule has 1 heterocycles. The Morgan fingerprint density at radius 1 is 1.25 bits per heavy atom. The predicted molar refractivity (Wildman–Crippen MR) is 66.9 cm³/mol. The third-order valence-electron chi connectivity index (χ3n) is 3.38. The van der Waals surface area contributed by atoms with E-state index in [2.05, 4.69) is 6.92 Å². The summed E-state index contributed by atoms with van der Waals surface area (Å²) in [4.78, 5) is 0. The van der Waals surface area contributed by atoms with Gasteiger partial charge in [-0.25, -0.2) is 4.39 Å². The summed E-state index contributed by atoms with van der Waals surface area (Å²) in [5, 5.41) is 1.27. The van der Waals surface area contributed by atoms with Crippen molar-refractivity contribution in [1.82, 2.24) is 0 Å². The Morgan fingerprint density at radius 3 is 2.56 bits per heavy atom. The van der Waals surface area contributed by atoms with Crippen LogP contribution < -0.4 is 5.19 Å². The fourth-order valence-corrected chi connectivity index (χ4v) is 6.80. The summed E-state index contributed by atoms with van der Waals surface area (Å²) in [6.07, 6.45) is 3.60. The minimum atomic E-state index is -1.75. The highest BCUT2D eigenvalue weighted by Crippen LogP contribution is 2.26. The van der Waals surface area contributed by atoms with Crippen molar-refractivity contribution in [3.05, 3.63) is 30.1 Å². The van der Waals surface area contributed by atoms with Crippen molar-refractivity contribution in [3.63, 3.8) is 0 Å². The van der Waals surface area contributed by atoms with Gasteiger partial charge in [-0.2, -0.15) is 0 Å². The number of benzene rings is 1. The summed E-state index contributed by atoms with van der Waals surface area (Å²) >= 11 is 0. The van der Waals surface area contributed by atoms with Crippen molar-refractivity contribution in [1.29, 1.82) is 0 Å². The second-order valence-corrected chi connectivity index (χ2v) is 8.41. The van der Waals surface area contributed by atoms with Crippen molar-refractivity contribution < 1.29 is 8.82 Å². The second kappa shape index (κ2) is 5.10. The quantitative estimate of drug-likeness (QED) is 0.735. The Balaban J connectivity index is 2.26. The molecule has 1 nitrogen and oxygen atoms in total. The lowest BCUT2D eigenvalue weighted by atomic mass is 10.3. The molecule has 1 fully saturated rings. The van der Waals surface area contributed by atoms with Crippen LogP contribution in [0, 0.1) is 5.82 Å². The molecular weight excluding hydrogens is 219 g/mol. The molecule has 0 radical (unpaired) electrons. The smallest absolute Gasteiger partial charge is 0.224 e.